The van der Waals surface area contributed by atoms with Crippen molar-refractivity contribution < 1.29 is 19.8 Å². The third kappa shape index (κ3) is 2.33. The van der Waals surface area contributed by atoms with Crippen molar-refractivity contribution in [3.63, 3.8) is 0 Å². The molecule has 7 nitrogen and oxygen atoms in total. The molecule has 0 saturated carbocycles. The van der Waals surface area contributed by atoms with Gasteiger partial charge in [0, 0.05) is 12.6 Å². The normalized spacial score (nSPS) is 16.1. The number of hydrazone groups is 1. The van der Waals surface area contributed by atoms with Crippen molar-refractivity contribution in [3.05, 3.63) is 23.0 Å². The molecule has 0 fully saturated rings. The van der Waals surface area contributed by atoms with E-state index in [0.717, 1.165) is 6.21 Å². The fraction of sp³-hybridized carbons (Fsp3) is 0.125. The van der Waals surface area contributed by atoms with Crippen LogP contribution in [0.25, 0.3) is 0 Å². The van der Waals surface area contributed by atoms with E-state index in [1.165, 1.54) is 6.20 Å². The van der Waals surface area contributed by atoms with Gasteiger partial charge >= 0.3 is 11.9 Å². The maximum Gasteiger partial charge on any atom is 0.334 e. The van der Waals surface area contributed by atoms with Crippen LogP contribution >= 0.6 is 0 Å². The highest BCUT2D eigenvalue weighted by Gasteiger charge is 2.22. The average molecular weight is 211 g/mol. The number of hydrogen-bond acceptors (Lipinski definition) is 5. The zero-order valence-electron chi connectivity index (χ0n) is 7.60. The molecule has 1 aliphatic rings. The smallest absolute Gasteiger partial charge is 0.334 e. The van der Waals surface area contributed by atoms with Crippen molar-refractivity contribution in [2.24, 2.45) is 10.9 Å². The zero-order chi connectivity index (χ0) is 11.4. The van der Waals surface area contributed by atoms with Crippen molar-refractivity contribution >= 4 is 18.2 Å². The fourth-order valence-electron chi connectivity index (χ4n) is 1.11. The number of nitrogens with one attached hydrogen (secondary N) is 1. The number of nitrogens with zero attached hydrogens (tertiary/aromatic N) is 1. The zero-order valence-corrected chi connectivity index (χ0v) is 7.60. The Balaban J connectivity index is 3.00. The second-order valence-corrected chi connectivity index (χ2v) is 2.77. The van der Waals surface area contributed by atoms with Gasteiger partial charge in [0.05, 0.1) is 23.1 Å². The van der Waals surface area contributed by atoms with Crippen LogP contribution in [0.5, 0.6) is 0 Å². The summed E-state index contributed by atoms with van der Waals surface area (Å²) < 4.78 is 0. The van der Waals surface area contributed by atoms with Gasteiger partial charge in [-0.15, -0.1) is 0 Å². The largest absolute Gasteiger partial charge is 0.478 e. The van der Waals surface area contributed by atoms with Crippen molar-refractivity contribution in [3.8, 4) is 0 Å². The Hall–Kier alpha value is -2.31. The number of dihydropyridines is 1. The van der Waals surface area contributed by atoms with E-state index in [1.807, 2.05) is 0 Å². The summed E-state index contributed by atoms with van der Waals surface area (Å²) in [4.78, 5) is 21.4. The number of aliphatic carboxylic acids is 2. The molecule has 0 unspecified atom stereocenters. The molecule has 0 aromatic rings. The Morgan fingerprint density at radius 3 is 2.60 bits per heavy atom. The average Bonchev–Trinajstić information content (AvgIpc) is 2.18. The minimum Gasteiger partial charge on any atom is -0.478 e. The van der Waals surface area contributed by atoms with Gasteiger partial charge in [-0.2, -0.15) is 5.10 Å². The van der Waals surface area contributed by atoms with Gasteiger partial charge in [0.15, 0.2) is 0 Å². The van der Waals surface area contributed by atoms with Crippen LogP contribution in [0.3, 0.4) is 0 Å². The number of carbonyl (C=O) groups is 2. The molecule has 1 rings (SSSR count). The molecule has 0 spiro atoms. The highest BCUT2D eigenvalue weighted by Crippen LogP contribution is 2.18. The van der Waals surface area contributed by atoms with Gasteiger partial charge in [-0.3, -0.25) is 0 Å². The van der Waals surface area contributed by atoms with E-state index in [1.54, 1.807) is 0 Å². The lowest BCUT2D eigenvalue weighted by Gasteiger charge is -2.14. The quantitative estimate of drug-likeness (QED) is 0.276. The number of hydrogen-bond donors (Lipinski definition) is 4. The van der Waals surface area contributed by atoms with Crippen molar-refractivity contribution in [2.75, 3.05) is 0 Å². The van der Waals surface area contributed by atoms with Gasteiger partial charge in [0.2, 0.25) is 0 Å². The van der Waals surface area contributed by atoms with Crippen LogP contribution in [0.4, 0.5) is 0 Å². The fourth-order valence-corrected chi connectivity index (χ4v) is 1.11. The van der Waals surface area contributed by atoms with Crippen molar-refractivity contribution in [1.29, 1.82) is 0 Å². The van der Waals surface area contributed by atoms with E-state index >= 15 is 0 Å². The van der Waals surface area contributed by atoms with Gasteiger partial charge in [-0.1, -0.05) is 0 Å². The number of allylic oxidation sites excluding steroid dienone is 1. The molecule has 15 heavy (non-hydrogen) atoms. The van der Waals surface area contributed by atoms with Crippen LogP contribution in [-0.4, -0.2) is 28.4 Å². The highest BCUT2D eigenvalue weighted by atomic mass is 16.4. The maximum absolute atomic E-state index is 10.8. The van der Waals surface area contributed by atoms with E-state index in [2.05, 4.69) is 10.4 Å². The predicted octanol–water partition coefficient (Wildman–Crippen LogP) is -0.769. The number of carboxylic acid groups (broad SMARTS) is 2. The molecule has 0 aromatic carbocycles. The Bertz CT molecular complexity index is 395. The van der Waals surface area contributed by atoms with Crippen LogP contribution < -0.4 is 11.2 Å². The van der Waals surface area contributed by atoms with Crippen LogP contribution in [-0.2, 0) is 9.59 Å². The van der Waals surface area contributed by atoms with Gasteiger partial charge < -0.3 is 21.4 Å². The van der Waals surface area contributed by atoms with Crippen LogP contribution in [0.2, 0.25) is 0 Å². The summed E-state index contributed by atoms with van der Waals surface area (Å²) in [5.74, 6) is 2.52. The summed E-state index contributed by atoms with van der Waals surface area (Å²) in [5, 5.41) is 23.2. The minimum absolute atomic E-state index is 0.0263. The lowest BCUT2D eigenvalue weighted by molar-refractivity contribution is -0.133. The summed E-state index contributed by atoms with van der Waals surface area (Å²) in [6.07, 6.45) is 2.17. The van der Waals surface area contributed by atoms with Crippen molar-refractivity contribution in [1.82, 2.24) is 5.32 Å². The van der Waals surface area contributed by atoms with E-state index in [9.17, 15) is 9.59 Å². The third-order valence-electron chi connectivity index (χ3n) is 1.83. The van der Waals surface area contributed by atoms with Crippen LogP contribution in [0.1, 0.15) is 6.42 Å². The third-order valence-corrected chi connectivity index (χ3v) is 1.83. The first-order chi connectivity index (χ1) is 7.06. The van der Waals surface area contributed by atoms with Gasteiger partial charge in [-0.25, -0.2) is 9.59 Å². The summed E-state index contributed by atoms with van der Waals surface area (Å²) >= 11 is 0. The SMILES string of the molecule is NN=CC1=C(C(=O)O)CC(C(=O)O)=CN1. The second kappa shape index (κ2) is 4.27. The summed E-state index contributed by atoms with van der Waals surface area (Å²) in [7, 11) is 0. The molecule has 7 heteroatoms. The topological polar surface area (TPSA) is 125 Å². The summed E-state index contributed by atoms with van der Waals surface area (Å²) in [6.45, 7) is 0. The number of nitrogens with two attached hydrogens (primary N) is 1. The first-order valence-corrected chi connectivity index (χ1v) is 3.94. The first-order valence-electron chi connectivity index (χ1n) is 3.94. The molecule has 1 heterocycles. The second-order valence-electron chi connectivity index (χ2n) is 2.77. The number of carboxylic acids is 2. The Kier molecular flexibility index (Phi) is 3.06. The summed E-state index contributed by atoms with van der Waals surface area (Å²) in [5.41, 5.74) is 0.0840. The Morgan fingerprint density at radius 2 is 2.13 bits per heavy atom. The molecular formula is C8H9N3O4. The van der Waals surface area contributed by atoms with Crippen molar-refractivity contribution in [2.45, 2.75) is 6.42 Å². The molecule has 0 saturated heterocycles. The van der Waals surface area contributed by atoms with Crippen LogP contribution in [0, 0.1) is 0 Å². The van der Waals surface area contributed by atoms with E-state index in [4.69, 9.17) is 16.1 Å². The molecule has 5 N–H and O–H groups in total. The molecule has 0 aliphatic carbocycles. The summed E-state index contributed by atoms with van der Waals surface area (Å²) in [6, 6.07) is 0. The lowest BCUT2D eigenvalue weighted by atomic mass is 10.0. The molecule has 0 aromatic heterocycles. The molecule has 1 aliphatic heterocycles. The van der Waals surface area contributed by atoms with E-state index < -0.39 is 11.9 Å². The molecule has 0 atom stereocenters. The predicted molar refractivity (Wildman–Crippen MR) is 50.8 cm³/mol. The first kappa shape index (κ1) is 10.8. The van der Waals surface area contributed by atoms with Crippen LogP contribution in [0.15, 0.2) is 28.1 Å². The minimum atomic E-state index is -1.20. The monoisotopic (exact) mass is 211 g/mol. The molecule has 0 amide bonds. The van der Waals surface area contributed by atoms with Gasteiger partial charge in [0.1, 0.15) is 0 Å². The van der Waals surface area contributed by atoms with E-state index in [-0.39, 0.29) is 23.3 Å². The Labute approximate surface area is 84.6 Å². The molecule has 80 valence electrons. The Morgan fingerprint density at radius 1 is 1.47 bits per heavy atom. The molecule has 0 bridgehead atoms. The van der Waals surface area contributed by atoms with E-state index in [0.29, 0.717) is 0 Å². The number of rotatable bonds is 3. The standard InChI is InChI=1S/C8H9N3O4/c9-11-3-6-5(8(14)15)1-4(2-10-6)7(12)13/h2-3,10H,1,9H2,(H,12,13)(H,14,15). The maximum atomic E-state index is 10.8. The van der Waals surface area contributed by atoms with Gasteiger partial charge in [-0.05, 0) is 0 Å². The molecule has 0 radical (unpaired) electrons. The highest BCUT2D eigenvalue weighted by molar-refractivity contribution is 5.99. The molecular weight excluding hydrogens is 202 g/mol. The lowest BCUT2D eigenvalue weighted by Crippen LogP contribution is -2.23. The van der Waals surface area contributed by atoms with Gasteiger partial charge in [0.25, 0.3) is 0 Å².